The van der Waals surface area contributed by atoms with Gasteiger partial charge in [0.15, 0.2) is 6.04 Å². The Morgan fingerprint density at radius 1 is 1.12 bits per heavy atom. The van der Waals surface area contributed by atoms with Crippen molar-refractivity contribution in [3.63, 3.8) is 0 Å². The fraction of sp³-hybridized carbons (Fsp3) is 0.522. The van der Waals surface area contributed by atoms with Crippen LogP contribution in [0, 0.1) is 0 Å². The van der Waals surface area contributed by atoms with Crippen molar-refractivity contribution in [3.8, 4) is 22.9 Å². The van der Waals surface area contributed by atoms with E-state index >= 15 is 0 Å². The molecule has 0 saturated carbocycles. The number of halogens is 8. The van der Waals surface area contributed by atoms with Gasteiger partial charge < -0.3 is 19.7 Å². The largest absolute Gasteiger partial charge is 0.494 e. The number of nitrogens with zero attached hydrogens (tertiary/aromatic N) is 6. The number of pyridine rings is 1. The van der Waals surface area contributed by atoms with Crippen LogP contribution >= 0.6 is 0 Å². The minimum absolute atomic E-state index is 0.0238. The van der Waals surface area contributed by atoms with Gasteiger partial charge in [0.2, 0.25) is 5.65 Å². The van der Waals surface area contributed by atoms with Crippen LogP contribution in [0.1, 0.15) is 37.9 Å². The lowest BCUT2D eigenvalue weighted by Gasteiger charge is -2.34. The van der Waals surface area contributed by atoms with Gasteiger partial charge in [0, 0.05) is 18.0 Å². The number of urea groups is 1. The standard InChI is InChI=1S/C23H25F8N7O3/c1-4-12(5-6-22(26,27)28)35-21(39)37(10-17(24)25)18(23(29,30)31)14-7-13(16(40-2)8-32-14)15-9-38-19(33-11-34-38)20(36-15)41-3/h7-9,11-12,17-18H,4-6,10H2,1-3H3,(H,35,39)/t12-,18?/m1/s1. The summed E-state index contributed by atoms with van der Waals surface area (Å²) in [7, 11) is 2.48. The molecular formula is C23H25F8N7O3. The van der Waals surface area contributed by atoms with E-state index in [4.69, 9.17) is 9.47 Å². The number of rotatable bonds is 11. The molecule has 0 spiro atoms. The van der Waals surface area contributed by atoms with Gasteiger partial charge in [-0.1, -0.05) is 6.92 Å². The van der Waals surface area contributed by atoms with Crippen LogP contribution in [0.2, 0.25) is 0 Å². The van der Waals surface area contributed by atoms with Gasteiger partial charge in [-0.2, -0.15) is 31.4 Å². The third kappa shape index (κ3) is 7.81. The number of carbonyl (C=O) groups excluding carboxylic acids is 1. The Labute approximate surface area is 227 Å². The second kappa shape index (κ2) is 12.7. The average molecular weight is 599 g/mol. The third-order valence-corrected chi connectivity index (χ3v) is 5.90. The van der Waals surface area contributed by atoms with Crippen molar-refractivity contribution in [2.75, 3.05) is 20.8 Å². The van der Waals surface area contributed by atoms with Crippen molar-refractivity contribution in [2.45, 2.75) is 57.0 Å². The van der Waals surface area contributed by atoms with E-state index in [1.165, 1.54) is 38.2 Å². The first-order valence-corrected chi connectivity index (χ1v) is 12.0. The highest BCUT2D eigenvalue weighted by Crippen LogP contribution is 2.40. The number of alkyl halides is 8. The molecule has 41 heavy (non-hydrogen) atoms. The van der Waals surface area contributed by atoms with Gasteiger partial charge in [0.05, 0.1) is 44.5 Å². The van der Waals surface area contributed by atoms with Crippen LogP contribution in [0.25, 0.3) is 16.9 Å². The van der Waals surface area contributed by atoms with E-state index in [0.29, 0.717) is 0 Å². The summed E-state index contributed by atoms with van der Waals surface area (Å²) < 4.78 is 120. The SMILES string of the molecule is CC[C@H](CCC(F)(F)F)NC(=O)N(CC(F)F)C(c1cc(-c2cn3ncnc3c(OC)n2)c(OC)cn1)C(F)(F)F. The van der Waals surface area contributed by atoms with Crippen LogP contribution < -0.4 is 14.8 Å². The summed E-state index contributed by atoms with van der Waals surface area (Å²) in [5.41, 5.74) is -0.805. The zero-order valence-electron chi connectivity index (χ0n) is 21.8. The molecule has 3 aromatic rings. The first kappa shape index (κ1) is 31.5. The molecular weight excluding hydrogens is 574 g/mol. The number of amides is 2. The molecule has 0 aliphatic carbocycles. The summed E-state index contributed by atoms with van der Waals surface area (Å²) in [6.07, 6.45) is -12.1. The van der Waals surface area contributed by atoms with Crippen LogP contribution in [0.3, 0.4) is 0 Å². The molecule has 1 unspecified atom stereocenters. The molecule has 0 bridgehead atoms. The molecule has 226 valence electrons. The lowest BCUT2D eigenvalue weighted by Crippen LogP contribution is -2.51. The lowest BCUT2D eigenvalue weighted by atomic mass is 10.1. The number of hydrogen-bond donors (Lipinski definition) is 1. The van der Waals surface area contributed by atoms with E-state index in [2.05, 4.69) is 20.1 Å². The number of hydrogen-bond acceptors (Lipinski definition) is 7. The summed E-state index contributed by atoms with van der Waals surface area (Å²) in [4.78, 5) is 24.6. The van der Waals surface area contributed by atoms with E-state index in [9.17, 15) is 39.9 Å². The maximum atomic E-state index is 14.4. The monoisotopic (exact) mass is 599 g/mol. The molecule has 3 rings (SSSR count). The fourth-order valence-corrected chi connectivity index (χ4v) is 3.97. The summed E-state index contributed by atoms with van der Waals surface area (Å²) >= 11 is 0. The van der Waals surface area contributed by atoms with Crippen LogP contribution in [-0.4, -0.2) is 81.1 Å². The molecule has 0 fully saturated rings. The molecule has 2 atom stereocenters. The molecule has 18 heteroatoms. The van der Waals surface area contributed by atoms with Crippen molar-refractivity contribution in [1.29, 1.82) is 0 Å². The van der Waals surface area contributed by atoms with E-state index < -0.39 is 62.0 Å². The molecule has 2 amide bonds. The predicted molar refractivity (Wildman–Crippen MR) is 127 cm³/mol. The number of nitrogens with one attached hydrogen (secondary N) is 1. The molecule has 0 radical (unpaired) electrons. The van der Waals surface area contributed by atoms with E-state index in [0.717, 1.165) is 12.3 Å². The molecule has 0 aliphatic heterocycles. The first-order valence-electron chi connectivity index (χ1n) is 12.0. The molecule has 10 nitrogen and oxygen atoms in total. The van der Waals surface area contributed by atoms with Crippen LogP contribution in [0.15, 0.2) is 24.8 Å². The molecule has 3 aromatic heterocycles. The van der Waals surface area contributed by atoms with Crippen LogP contribution in [0.5, 0.6) is 11.6 Å². The van der Waals surface area contributed by atoms with Crippen LogP contribution in [-0.2, 0) is 0 Å². The highest BCUT2D eigenvalue weighted by molar-refractivity contribution is 5.75. The Balaban J connectivity index is 2.09. The lowest BCUT2D eigenvalue weighted by molar-refractivity contribution is -0.182. The van der Waals surface area contributed by atoms with Gasteiger partial charge in [-0.15, -0.1) is 0 Å². The number of methoxy groups -OCH3 is 2. The highest BCUT2D eigenvalue weighted by atomic mass is 19.4. The zero-order valence-corrected chi connectivity index (χ0v) is 21.8. The van der Waals surface area contributed by atoms with Crippen molar-refractivity contribution < 1.29 is 49.4 Å². The number of aromatic nitrogens is 5. The summed E-state index contributed by atoms with van der Waals surface area (Å²) in [5.74, 6) is -0.109. The number of fused-ring (bicyclic) bond motifs is 1. The Hall–Kier alpha value is -3.99. The fourth-order valence-electron chi connectivity index (χ4n) is 3.97. The van der Waals surface area contributed by atoms with E-state index in [1.807, 2.05) is 5.32 Å². The average Bonchev–Trinajstić information content (AvgIpc) is 3.37. The first-order chi connectivity index (χ1) is 19.2. The zero-order chi connectivity index (χ0) is 30.5. The maximum absolute atomic E-state index is 14.4. The summed E-state index contributed by atoms with van der Waals surface area (Å²) in [6, 6.07) is -5.03. The Bertz CT molecular complexity index is 1330. The van der Waals surface area contributed by atoms with Gasteiger partial charge >= 0.3 is 18.4 Å². The smallest absolute Gasteiger partial charge is 0.414 e. The van der Waals surface area contributed by atoms with E-state index in [-0.39, 0.29) is 39.9 Å². The van der Waals surface area contributed by atoms with Crippen molar-refractivity contribution in [3.05, 3.63) is 30.5 Å². The summed E-state index contributed by atoms with van der Waals surface area (Å²) in [5, 5.41) is 5.97. The number of carbonyl (C=O) groups is 1. The van der Waals surface area contributed by atoms with Crippen molar-refractivity contribution in [1.82, 2.24) is 34.8 Å². The van der Waals surface area contributed by atoms with Crippen molar-refractivity contribution in [2.24, 2.45) is 0 Å². The topological polar surface area (TPSA) is 107 Å². The Morgan fingerprint density at radius 2 is 1.83 bits per heavy atom. The van der Waals surface area contributed by atoms with Crippen molar-refractivity contribution >= 4 is 11.7 Å². The van der Waals surface area contributed by atoms with Crippen LogP contribution in [0.4, 0.5) is 39.9 Å². The Kier molecular flexibility index (Phi) is 9.75. The van der Waals surface area contributed by atoms with Gasteiger partial charge in [0.25, 0.3) is 12.3 Å². The van der Waals surface area contributed by atoms with Gasteiger partial charge in [-0.25, -0.2) is 28.1 Å². The normalized spacial score (nSPS) is 13.8. The van der Waals surface area contributed by atoms with Gasteiger partial charge in [0.1, 0.15) is 12.1 Å². The molecule has 0 aromatic carbocycles. The number of ether oxygens (including phenoxy) is 2. The Morgan fingerprint density at radius 3 is 2.39 bits per heavy atom. The quantitative estimate of drug-likeness (QED) is 0.302. The highest BCUT2D eigenvalue weighted by Gasteiger charge is 2.49. The minimum Gasteiger partial charge on any atom is -0.494 e. The van der Waals surface area contributed by atoms with E-state index in [1.54, 1.807) is 0 Å². The van der Waals surface area contributed by atoms with Gasteiger partial charge in [-0.3, -0.25) is 4.98 Å². The molecule has 0 aliphatic rings. The summed E-state index contributed by atoms with van der Waals surface area (Å²) in [6.45, 7) is -0.295. The minimum atomic E-state index is -5.33. The third-order valence-electron chi connectivity index (χ3n) is 5.90. The molecule has 1 N–H and O–H groups in total. The van der Waals surface area contributed by atoms with Gasteiger partial charge in [-0.05, 0) is 18.9 Å². The molecule has 3 heterocycles. The molecule has 0 saturated heterocycles. The maximum Gasteiger partial charge on any atom is 0.414 e. The second-order valence-corrected chi connectivity index (χ2v) is 8.67. The predicted octanol–water partition coefficient (Wildman–Crippen LogP) is 5.20. The second-order valence-electron chi connectivity index (χ2n) is 8.67.